The lowest BCUT2D eigenvalue weighted by molar-refractivity contribution is -0.0632. The van der Waals surface area contributed by atoms with Crippen molar-refractivity contribution < 1.29 is 14.6 Å². The Labute approximate surface area is 145 Å². The molecule has 0 radical (unpaired) electrons. The molecule has 8 nitrogen and oxygen atoms in total. The summed E-state index contributed by atoms with van der Waals surface area (Å²) in [6.45, 7) is 6.39. The molecule has 132 valence electrons. The molecule has 1 aliphatic rings. The summed E-state index contributed by atoms with van der Waals surface area (Å²) < 4.78 is 13.7. The minimum atomic E-state index is -0.774. The van der Waals surface area contributed by atoms with Crippen LogP contribution in [0.4, 0.5) is 5.82 Å². The van der Waals surface area contributed by atoms with Crippen molar-refractivity contribution in [3.8, 4) is 0 Å². The first-order chi connectivity index (χ1) is 11.5. The Kier molecular flexibility index (Phi) is 4.95. The van der Waals surface area contributed by atoms with Crippen LogP contribution < -0.4 is 5.73 Å². The Morgan fingerprint density at radius 3 is 2.83 bits per heavy atom. The van der Waals surface area contributed by atoms with Crippen molar-refractivity contribution in [3.05, 3.63) is 12.2 Å². The number of nitrogens with zero attached hydrogens (tertiary/aromatic N) is 4. The fraction of sp³-hybridized carbons (Fsp3) is 0.667. The third-order valence-corrected chi connectivity index (χ3v) is 4.52. The van der Waals surface area contributed by atoms with Crippen molar-refractivity contribution in [1.29, 1.82) is 0 Å². The van der Waals surface area contributed by atoms with Crippen molar-refractivity contribution in [3.63, 3.8) is 0 Å². The molecule has 0 unspecified atom stereocenters. The zero-order valence-electron chi connectivity index (χ0n) is 14.0. The number of ether oxygens (including phenoxy) is 2. The number of hydrogen-bond acceptors (Lipinski definition) is 8. The van der Waals surface area contributed by atoms with Crippen LogP contribution in [0.1, 0.15) is 38.7 Å². The van der Waals surface area contributed by atoms with Crippen LogP contribution in [0.3, 0.4) is 0 Å². The molecule has 1 fully saturated rings. The lowest BCUT2D eigenvalue weighted by Gasteiger charge is -2.24. The molecule has 1 aliphatic heterocycles. The maximum Gasteiger partial charge on any atom is 0.167 e. The largest absolute Gasteiger partial charge is 0.387 e. The predicted octanol–water partition coefficient (Wildman–Crippen LogP) is 1.13. The number of aliphatic hydroxyl groups is 1. The van der Waals surface area contributed by atoms with E-state index in [1.807, 2.05) is 25.3 Å². The maximum absolute atomic E-state index is 10.5. The number of aromatic nitrogens is 4. The molecule has 9 heteroatoms. The van der Waals surface area contributed by atoms with Crippen molar-refractivity contribution in [2.24, 2.45) is 0 Å². The van der Waals surface area contributed by atoms with Gasteiger partial charge in [-0.05, 0) is 6.92 Å². The normalized spacial score (nSPS) is 27.4. The van der Waals surface area contributed by atoms with Gasteiger partial charge in [-0.2, -0.15) is 12.6 Å². The summed E-state index contributed by atoms with van der Waals surface area (Å²) in [7, 11) is 0. The number of fused-ring (bicyclic) bond motifs is 1. The second-order valence-corrected chi connectivity index (χ2v) is 6.45. The van der Waals surface area contributed by atoms with Gasteiger partial charge in [0.2, 0.25) is 0 Å². The third kappa shape index (κ3) is 2.75. The third-order valence-electron chi connectivity index (χ3n) is 4.16. The van der Waals surface area contributed by atoms with E-state index >= 15 is 0 Å². The van der Waals surface area contributed by atoms with Crippen LogP contribution in [0.2, 0.25) is 0 Å². The van der Waals surface area contributed by atoms with Crippen molar-refractivity contribution in [1.82, 2.24) is 19.5 Å². The van der Waals surface area contributed by atoms with Gasteiger partial charge in [0, 0.05) is 18.3 Å². The number of rotatable bonds is 5. The summed E-state index contributed by atoms with van der Waals surface area (Å²) in [5.74, 6) is 1.58. The highest BCUT2D eigenvalue weighted by atomic mass is 32.1. The fourth-order valence-corrected chi connectivity index (χ4v) is 3.35. The van der Waals surface area contributed by atoms with E-state index in [1.54, 1.807) is 0 Å². The lowest BCUT2D eigenvalue weighted by atomic mass is 10.1. The van der Waals surface area contributed by atoms with Crippen molar-refractivity contribution in [2.45, 2.75) is 51.2 Å². The summed E-state index contributed by atoms with van der Waals surface area (Å²) in [6, 6.07) is 0. The molecule has 0 aliphatic carbocycles. The van der Waals surface area contributed by atoms with E-state index in [4.69, 9.17) is 15.2 Å². The molecule has 0 saturated carbocycles. The molecule has 0 spiro atoms. The van der Waals surface area contributed by atoms with E-state index in [1.165, 1.54) is 6.33 Å². The summed E-state index contributed by atoms with van der Waals surface area (Å²) in [5.41, 5.74) is 7.06. The molecule has 3 N–H and O–H groups in total. The van der Waals surface area contributed by atoms with Crippen LogP contribution >= 0.6 is 12.6 Å². The number of hydrogen-bond donors (Lipinski definition) is 3. The highest BCUT2D eigenvalue weighted by molar-refractivity contribution is 7.80. The molecule has 1 saturated heterocycles. The number of nitrogen functional groups attached to an aromatic ring is 1. The Morgan fingerprint density at radius 1 is 1.46 bits per heavy atom. The monoisotopic (exact) mass is 353 g/mol. The average molecular weight is 353 g/mol. The zero-order chi connectivity index (χ0) is 17.4. The highest BCUT2D eigenvalue weighted by Gasteiger charge is 2.46. The number of anilines is 1. The van der Waals surface area contributed by atoms with Gasteiger partial charge >= 0.3 is 0 Å². The van der Waals surface area contributed by atoms with Crippen LogP contribution in [-0.2, 0) is 9.47 Å². The predicted molar refractivity (Wildman–Crippen MR) is 93.0 cm³/mol. The summed E-state index contributed by atoms with van der Waals surface area (Å²) in [4.78, 5) is 12.9. The van der Waals surface area contributed by atoms with E-state index in [0.717, 1.165) is 5.82 Å². The molecule has 0 bridgehead atoms. The van der Waals surface area contributed by atoms with Gasteiger partial charge in [-0.1, -0.05) is 13.8 Å². The molecule has 24 heavy (non-hydrogen) atoms. The Bertz CT molecular complexity index is 722. The maximum atomic E-state index is 10.5. The number of imidazole rings is 1. The van der Waals surface area contributed by atoms with Gasteiger partial charge in [0.05, 0.1) is 6.10 Å². The van der Waals surface area contributed by atoms with E-state index in [2.05, 4.69) is 27.6 Å². The number of aliphatic hydroxyl groups excluding tert-OH is 1. The van der Waals surface area contributed by atoms with Crippen LogP contribution in [0.15, 0.2) is 6.33 Å². The molecular formula is C15H23N5O3S. The van der Waals surface area contributed by atoms with Gasteiger partial charge in [0.15, 0.2) is 23.2 Å². The SMILES string of the molecule is CCO[C@@H]1[C@H](O)[C@@H](CS)O[C@H]1n1c(C(C)C)nc2c(N)ncnc21. The molecular weight excluding hydrogens is 330 g/mol. The second-order valence-electron chi connectivity index (χ2n) is 6.08. The second kappa shape index (κ2) is 6.83. The zero-order valence-corrected chi connectivity index (χ0v) is 14.8. The van der Waals surface area contributed by atoms with Crippen molar-refractivity contribution >= 4 is 29.6 Å². The van der Waals surface area contributed by atoms with Crippen molar-refractivity contribution in [2.75, 3.05) is 18.1 Å². The first-order valence-corrected chi connectivity index (χ1v) is 8.67. The Balaban J connectivity index is 2.16. The van der Waals surface area contributed by atoms with Gasteiger partial charge in [0.25, 0.3) is 0 Å². The molecule has 0 amide bonds. The van der Waals surface area contributed by atoms with Crippen LogP contribution in [-0.4, -0.2) is 55.3 Å². The standard InChI is InChI=1S/C15H23N5O3S/c1-4-22-11-10(21)8(5-24)23-15(11)20-13(7(2)3)19-9-12(16)17-6-18-14(9)20/h6-8,10-11,15,21,24H,4-5H2,1-3H3,(H2,16,17,18)/t8-,10-,11-,15-/m1/s1. The fourth-order valence-electron chi connectivity index (χ4n) is 3.05. The topological polar surface area (TPSA) is 108 Å². The quantitative estimate of drug-likeness (QED) is 0.691. The average Bonchev–Trinajstić information content (AvgIpc) is 3.08. The summed E-state index contributed by atoms with van der Waals surface area (Å²) in [6.07, 6.45) is -0.875. The van der Waals surface area contributed by atoms with Gasteiger partial charge in [-0.25, -0.2) is 15.0 Å². The molecule has 2 aromatic rings. The van der Waals surface area contributed by atoms with Gasteiger partial charge in [0.1, 0.15) is 24.4 Å². The smallest absolute Gasteiger partial charge is 0.167 e. The first kappa shape index (κ1) is 17.4. The summed E-state index contributed by atoms with van der Waals surface area (Å²) >= 11 is 4.27. The lowest BCUT2D eigenvalue weighted by Crippen LogP contribution is -2.35. The molecule has 2 aromatic heterocycles. The number of nitrogens with two attached hydrogens (primary N) is 1. The van der Waals surface area contributed by atoms with Crippen LogP contribution in [0.25, 0.3) is 11.2 Å². The highest BCUT2D eigenvalue weighted by Crippen LogP contribution is 2.37. The minimum Gasteiger partial charge on any atom is -0.387 e. The van der Waals surface area contributed by atoms with E-state index < -0.39 is 24.5 Å². The molecule has 0 aromatic carbocycles. The molecule has 4 atom stereocenters. The van der Waals surface area contributed by atoms with Gasteiger partial charge in [-0.15, -0.1) is 0 Å². The first-order valence-electron chi connectivity index (χ1n) is 8.03. The molecule has 3 rings (SSSR count). The van der Waals surface area contributed by atoms with E-state index in [-0.39, 0.29) is 5.92 Å². The van der Waals surface area contributed by atoms with Crippen LogP contribution in [0.5, 0.6) is 0 Å². The number of thiol groups is 1. The van der Waals surface area contributed by atoms with Gasteiger partial charge < -0.3 is 20.3 Å². The Morgan fingerprint density at radius 2 is 2.21 bits per heavy atom. The molecule has 3 heterocycles. The van der Waals surface area contributed by atoms with E-state index in [9.17, 15) is 5.11 Å². The van der Waals surface area contributed by atoms with Crippen LogP contribution in [0, 0.1) is 0 Å². The Hall–Kier alpha value is -1.42. The summed E-state index contributed by atoms with van der Waals surface area (Å²) in [5, 5.41) is 10.5. The minimum absolute atomic E-state index is 0.108. The van der Waals surface area contributed by atoms with E-state index in [0.29, 0.717) is 29.3 Å². The van der Waals surface area contributed by atoms with Gasteiger partial charge in [-0.3, -0.25) is 4.57 Å².